The Balaban J connectivity index is 3.19. The Hall–Kier alpha value is -0.850. The number of hydrogen-bond acceptors (Lipinski definition) is 1. The molecule has 0 N–H and O–H groups in total. The molecule has 0 radical (unpaired) electrons. The topological polar surface area (TPSA) is 12.4 Å². The average molecular weight is 109 g/mol. The van der Waals surface area contributed by atoms with Crippen molar-refractivity contribution in [1.29, 1.82) is 0 Å². The lowest BCUT2D eigenvalue weighted by atomic mass is 10.4. The molecule has 0 aliphatic heterocycles. The van der Waals surface area contributed by atoms with Crippen LogP contribution in [0, 0.1) is 0 Å². The van der Waals surface area contributed by atoms with Crippen LogP contribution < -0.4 is 0 Å². The zero-order valence-corrected chi connectivity index (χ0v) is 5.17. The van der Waals surface area contributed by atoms with Crippen LogP contribution in [0.5, 0.6) is 0 Å². The van der Waals surface area contributed by atoms with Gasteiger partial charge in [-0.2, -0.15) is 0 Å². The van der Waals surface area contributed by atoms with Crippen molar-refractivity contribution in [3.8, 4) is 0 Å². The lowest BCUT2D eigenvalue weighted by Crippen LogP contribution is -1.55. The van der Waals surface area contributed by atoms with Gasteiger partial charge in [0, 0.05) is 12.4 Å². The van der Waals surface area contributed by atoms with Gasteiger partial charge in [0.15, 0.2) is 0 Å². The zero-order chi connectivity index (χ0) is 6.24. The highest BCUT2D eigenvalue weighted by atomic mass is 14.6. The van der Waals surface area contributed by atoms with Crippen molar-refractivity contribution in [2.24, 2.45) is 4.99 Å². The van der Waals surface area contributed by atoms with Crippen LogP contribution in [0.4, 0.5) is 0 Å². The highest BCUT2D eigenvalue weighted by molar-refractivity contribution is 5.54. The maximum absolute atomic E-state index is 3.86. The first kappa shape index (κ1) is 7.15. The second kappa shape index (κ2) is 6.15. The molecule has 44 valence electrons. The second-order valence-electron chi connectivity index (χ2n) is 1.32. The molecule has 0 bridgehead atoms. The summed E-state index contributed by atoms with van der Waals surface area (Å²) in [5, 5.41) is 0. The summed E-state index contributed by atoms with van der Waals surface area (Å²) in [6.07, 6.45) is 8.20. The fourth-order valence-electron chi connectivity index (χ4n) is 0.304. The van der Waals surface area contributed by atoms with E-state index < -0.39 is 0 Å². The number of allylic oxidation sites excluding steroid dienone is 2. The van der Waals surface area contributed by atoms with E-state index in [4.69, 9.17) is 0 Å². The standard InChI is InChI=1S/C7H11N/c1-3-5-6-7-8-4-2/h3-4,6-7H,1,5H2,2H3/b7-6-,8-4-. The largest absolute Gasteiger partial charge is 0.270 e. The summed E-state index contributed by atoms with van der Waals surface area (Å²) in [4.78, 5) is 3.86. The van der Waals surface area contributed by atoms with Crippen LogP contribution in [-0.4, -0.2) is 6.21 Å². The molecule has 0 aliphatic rings. The fraction of sp³-hybridized carbons (Fsp3) is 0.286. The van der Waals surface area contributed by atoms with Crippen LogP contribution in [0.1, 0.15) is 13.3 Å². The summed E-state index contributed by atoms with van der Waals surface area (Å²) >= 11 is 0. The molecule has 0 amide bonds. The second-order valence-corrected chi connectivity index (χ2v) is 1.32. The Morgan fingerprint density at radius 2 is 2.38 bits per heavy atom. The van der Waals surface area contributed by atoms with E-state index in [1.807, 2.05) is 19.1 Å². The van der Waals surface area contributed by atoms with E-state index in [9.17, 15) is 0 Å². The third-order valence-electron chi connectivity index (χ3n) is 0.643. The lowest BCUT2D eigenvalue weighted by molar-refractivity contribution is 1.37. The first-order chi connectivity index (χ1) is 3.91. The Kier molecular flexibility index (Phi) is 5.50. The number of hydrogen-bond donors (Lipinski definition) is 0. The van der Waals surface area contributed by atoms with Gasteiger partial charge in [-0.25, -0.2) is 0 Å². The maximum Gasteiger partial charge on any atom is 0.0226 e. The van der Waals surface area contributed by atoms with Crippen LogP contribution in [-0.2, 0) is 0 Å². The van der Waals surface area contributed by atoms with Gasteiger partial charge in [-0.1, -0.05) is 12.2 Å². The predicted octanol–water partition coefficient (Wildman–Crippen LogP) is 2.17. The van der Waals surface area contributed by atoms with Gasteiger partial charge >= 0.3 is 0 Å². The highest BCUT2D eigenvalue weighted by Gasteiger charge is 1.61. The average Bonchev–Trinajstić information content (AvgIpc) is 1.81. The van der Waals surface area contributed by atoms with Crippen LogP contribution >= 0.6 is 0 Å². The number of rotatable bonds is 3. The quantitative estimate of drug-likeness (QED) is 0.389. The molecule has 1 heteroatoms. The lowest BCUT2D eigenvalue weighted by Gasteiger charge is -1.73. The molecule has 0 fully saturated rings. The maximum atomic E-state index is 3.86. The highest BCUT2D eigenvalue weighted by Crippen LogP contribution is 1.81. The molecule has 0 aromatic rings. The van der Waals surface area contributed by atoms with Gasteiger partial charge in [0.25, 0.3) is 0 Å². The molecule has 0 saturated heterocycles. The van der Waals surface area contributed by atoms with Gasteiger partial charge in [-0.15, -0.1) is 6.58 Å². The minimum absolute atomic E-state index is 0.900. The van der Waals surface area contributed by atoms with Crippen molar-refractivity contribution in [3.05, 3.63) is 24.9 Å². The first-order valence-corrected chi connectivity index (χ1v) is 2.65. The molecule has 0 saturated carbocycles. The molecular formula is C7H11N. The van der Waals surface area contributed by atoms with Gasteiger partial charge < -0.3 is 0 Å². The Morgan fingerprint density at radius 1 is 1.62 bits per heavy atom. The molecule has 0 unspecified atom stereocenters. The Morgan fingerprint density at radius 3 is 2.88 bits per heavy atom. The van der Waals surface area contributed by atoms with E-state index >= 15 is 0 Å². The summed E-state index contributed by atoms with van der Waals surface area (Å²) in [7, 11) is 0. The van der Waals surface area contributed by atoms with Gasteiger partial charge in [0.2, 0.25) is 0 Å². The van der Waals surface area contributed by atoms with Crippen LogP contribution in [0.25, 0.3) is 0 Å². The number of aliphatic imine (C=N–C) groups is 1. The third-order valence-corrected chi connectivity index (χ3v) is 0.643. The van der Waals surface area contributed by atoms with Gasteiger partial charge in [-0.05, 0) is 13.3 Å². The van der Waals surface area contributed by atoms with Gasteiger partial charge in [0.05, 0.1) is 0 Å². The molecule has 0 aliphatic carbocycles. The van der Waals surface area contributed by atoms with Crippen molar-refractivity contribution in [2.75, 3.05) is 0 Å². The minimum atomic E-state index is 0.900. The molecule has 0 spiro atoms. The summed E-state index contributed by atoms with van der Waals surface area (Å²) in [5.41, 5.74) is 0. The van der Waals surface area contributed by atoms with Crippen LogP contribution in [0.2, 0.25) is 0 Å². The van der Waals surface area contributed by atoms with Crippen LogP contribution in [0.3, 0.4) is 0 Å². The van der Waals surface area contributed by atoms with E-state index in [0.29, 0.717) is 0 Å². The molecule has 0 atom stereocenters. The molecule has 0 heterocycles. The van der Waals surface area contributed by atoms with Crippen molar-refractivity contribution in [1.82, 2.24) is 0 Å². The molecule has 0 aromatic heterocycles. The molecule has 0 aromatic carbocycles. The summed E-state index contributed by atoms with van der Waals surface area (Å²) in [6, 6.07) is 0. The van der Waals surface area contributed by atoms with Crippen molar-refractivity contribution < 1.29 is 0 Å². The van der Waals surface area contributed by atoms with E-state index in [-0.39, 0.29) is 0 Å². The smallest absolute Gasteiger partial charge is 0.0226 e. The zero-order valence-electron chi connectivity index (χ0n) is 5.17. The van der Waals surface area contributed by atoms with Crippen molar-refractivity contribution in [3.63, 3.8) is 0 Å². The normalized spacial score (nSPS) is 11.1. The number of nitrogens with zero attached hydrogens (tertiary/aromatic N) is 1. The summed E-state index contributed by atoms with van der Waals surface area (Å²) < 4.78 is 0. The first-order valence-electron chi connectivity index (χ1n) is 2.65. The summed E-state index contributed by atoms with van der Waals surface area (Å²) in [6.45, 7) is 5.44. The van der Waals surface area contributed by atoms with E-state index in [1.165, 1.54) is 0 Å². The van der Waals surface area contributed by atoms with Crippen molar-refractivity contribution >= 4 is 6.21 Å². The van der Waals surface area contributed by atoms with E-state index in [2.05, 4.69) is 11.6 Å². The Labute approximate surface area is 50.4 Å². The molecule has 0 rings (SSSR count). The van der Waals surface area contributed by atoms with Crippen molar-refractivity contribution in [2.45, 2.75) is 13.3 Å². The van der Waals surface area contributed by atoms with E-state index in [1.54, 1.807) is 12.4 Å². The van der Waals surface area contributed by atoms with Gasteiger partial charge in [0.1, 0.15) is 0 Å². The molecular weight excluding hydrogens is 98.1 g/mol. The minimum Gasteiger partial charge on any atom is -0.270 e. The van der Waals surface area contributed by atoms with Gasteiger partial charge in [-0.3, -0.25) is 4.99 Å². The predicted molar refractivity (Wildman–Crippen MR) is 38.1 cm³/mol. The molecule has 1 nitrogen and oxygen atoms in total. The third kappa shape index (κ3) is 5.15. The Bertz CT molecular complexity index is 101. The monoisotopic (exact) mass is 109 g/mol. The van der Waals surface area contributed by atoms with E-state index in [0.717, 1.165) is 6.42 Å². The fourth-order valence-corrected chi connectivity index (χ4v) is 0.304. The SMILES string of the molecule is C=CC/C=C\N=C/C. The summed E-state index contributed by atoms with van der Waals surface area (Å²) in [5.74, 6) is 0. The molecule has 8 heavy (non-hydrogen) atoms. The van der Waals surface area contributed by atoms with Crippen LogP contribution in [0.15, 0.2) is 29.9 Å².